The fraction of sp³-hybridized carbons (Fsp3) is 0.167. The summed E-state index contributed by atoms with van der Waals surface area (Å²) in [6.45, 7) is 0. The number of carbonyl (C=O) groups excluding carboxylic acids is 2. The van der Waals surface area contributed by atoms with E-state index in [9.17, 15) is 18.0 Å². The van der Waals surface area contributed by atoms with Crippen molar-refractivity contribution >= 4 is 33.3 Å². The average molecular weight is 430 g/mol. The molecule has 12 heteroatoms. The quantitative estimate of drug-likeness (QED) is 0.549. The number of anilines is 2. The Bertz CT molecular complexity index is 1200. The molecular formula is C18H18N6O5S. The van der Waals surface area contributed by atoms with Crippen molar-refractivity contribution in [1.82, 2.24) is 24.9 Å². The summed E-state index contributed by atoms with van der Waals surface area (Å²) in [4.78, 5) is 25.1. The first-order chi connectivity index (χ1) is 14.2. The Balaban J connectivity index is 1.97. The van der Waals surface area contributed by atoms with Crippen molar-refractivity contribution in [2.45, 2.75) is 0 Å². The predicted octanol–water partition coefficient (Wildman–Crippen LogP) is 1.10. The number of nitrogens with zero attached hydrogens (tertiary/aromatic N) is 4. The van der Waals surface area contributed by atoms with Crippen LogP contribution in [0.15, 0.2) is 42.5 Å². The number of amides is 1. The predicted molar refractivity (Wildman–Crippen MR) is 108 cm³/mol. The van der Waals surface area contributed by atoms with Crippen LogP contribution in [-0.4, -0.2) is 53.9 Å². The Morgan fingerprint density at radius 3 is 2.30 bits per heavy atom. The van der Waals surface area contributed by atoms with E-state index in [4.69, 9.17) is 0 Å². The Morgan fingerprint density at radius 1 is 1.07 bits per heavy atom. The van der Waals surface area contributed by atoms with Gasteiger partial charge in [0.25, 0.3) is 5.91 Å². The first-order valence-electron chi connectivity index (χ1n) is 8.52. The van der Waals surface area contributed by atoms with E-state index in [0.29, 0.717) is 22.5 Å². The van der Waals surface area contributed by atoms with Gasteiger partial charge >= 0.3 is 5.97 Å². The number of aromatic nitrogens is 4. The van der Waals surface area contributed by atoms with Crippen LogP contribution in [-0.2, 0) is 21.8 Å². The van der Waals surface area contributed by atoms with E-state index in [1.54, 1.807) is 37.4 Å². The molecule has 0 fully saturated rings. The highest BCUT2D eigenvalue weighted by atomic mass is 32.2. The van der Waals surface area contributed by atoms with Gasteiger partial charge in [0.1, 0.15) is 0 Å². The van der Waals surface area contributed by atoms with E-state index in [2.05, 4.69) is 25.5 Å². The minimum Gasteiger partial charge on any atom is -0.465 e. The summed E-state index contributed by atoms with van der Waals surface area (Å²) in [6.07, 6.45) is 0.893. The number of hydrogen-bond donors (Lipinski definition) is 2. The van der Waals surface area contributed by atoms with Gasteiger partial charge in [-0.05, 0) is 47.7 Å². The number of rotatable bonds is 6. The van der Waals surface area contributed by atoms with E-state index in [-0.39, 0.29) is 11.4 Å². The lowest BCUT2D eigenvalue weighted by molar-refractivity contribution is 0.0600. The van der Waals surface area contributed by atoms with Crippen LogP contribution in [0.25, 0.3) is 11.4 Å². The summed E-state index contributed by atoms with van der Waals surface area (Å²) in [5.41, 5.74) is 2.13. The van der Waals surface area contributed by atoms with Crippen LogP contribution in [0.1, 0.15) is 20.7 Å². The van der Waals surface area contributed by atoms with Gasteiger partial charge in [-0.2, -0.15) is 4.80 Å². The van der Waals surface area contributed by atoms with E-state index in [1.807, 2.05) is 4.72 Å². The largest absolute Gasteiger partial charge is 0.465 e. The molecule has 0 unspecified atom stereocenters. The third-order valence-electron chi connectivity index (χ3n) is 3.89. The standard InChI is InChI=1S/C18H18N6O5S/c1-24-21-16(20-23-24)14-10-12(17(25)22-30(3,27)28)6-9-15(14)19-13-7-4-11(5-8-13)18(26)29-2/h4-10,19H,1-3H3,(H,22,25). The molecule has 30 heavy (non-hydrogen) atoms. The molecule has 0 bridgehead atoms. The summed E-state index contributed by atoms with van der Waals surface area (Å²) in [5.74, 6) is -0.996. The molecule has 3 rings (SSSR count). The maximum Gasteiger partial charge on any atom is 0.337 e. The van der Waals surface area contributed by atoms with Crippen molar-refractivity contribution < 1.29 is 22.7 Å². The molecule has 0 radical (unpaired) electrons. The van der Waals surface area contributed by atoms with Crippen LogP contribution in [0.5, 0.6) is 0 Å². The Labute approximate surface area is 172 Å². The van der Waals surface area contributed by atoms with Crippen LogP contribution < -0.4 is 10.0 Å². The first kappa shape index (κ1) is 20.9. The molecular weight excluding hydrogens is 412 g/mol. The second-order valence-electron chi connectivity index (χ2n) is 6.26. The van der Waals surface area contributed by atoms with Crippen molar-refractivity contribution in [3.63, 3.8) is 0 Å². The second kappa shape index (κ2) is 8.29. The topological polar surface area (TPSA) is 145 Å². The number of sulfonamides is 1. The van der Waals surface area contributed by atoms with E-state index in [1.165, 1.54) is 24.0 Å². The van der Waals surface area contributed by atoms with E-state index in [0.717, 1.165) is 6.26 Å². The van der Waals surface area contributed by atoms with Crippen molar-refractivity contribution in [3.8, 4) is 11.4 Å². The van der Waals surface area contributed by atoms with Gasteiger partial charge in [-0.25, -0.2) is 17.9 Å². The zero-order valence-electron chi connectivity index (χ0n) is 16.3. The lowest BCUT2D eigenvalue weighted by atomic mass is 10.1. The lowest BCUT2D eigenvalue weighted by Gasteiger charge is -2.12. The van der Waals surface area contributed by atoms with Gasteiger partial charge in [0.05, 0.1) is 26.0 Å². The maximum atomic E-state index is 12.2. The molecule has 0 aliphatic carbocycles. The molecule has 0 saturated heterocycles. The minimum absolute atomic E-state index is 0.106. The fourth-order valence-corrected chi connectivity index (χ4v) is 3.02. The SMILES string of the molecule is COC(=O)c1ccc(Nc2ccc(C(=O)NS(C)(=O)=O)cc2-c2nnn(C)n2)cc1. The van der Waals surface area contributed by atoms with Gasteiger partial charge in [0.15, 0.2) is 0 Å². The highest BCUT2D eigenvalue weighted by molar-refractivity contribution is 7.89. The smallest absolute Gasteiger partial charge is 0.337 e. The molecule has 1 amide bonds. The lowest BCUT2D eigenvalue weighted by Crippen LogP contribution is -2.29. The molecule has 0 aliphatic heterocycles. The molecule has 0 atom stereocenters. The zero-order valence-corrected chi connectivity index (χ0v) is 17.1. The van der Waals surface area contributed by atoms with Gasteiger partial charge < -0.3 is 10.1 Å². The number of tetrazole rings is 1. The number of ether oxygens (including phenoxy) is 1. The first-order valence-corrected chi connectivity index (χ1v) is 10.4. The number of benzene rings is 2. The monoisotopic (exact) mass is 430 g/mol. The van der Waals surface area contributed by atoms with Crippen LogP contribution in [0.4, 0.5) is 11.4 Å². The van der Waals surface area contributed by atoms with Crippen molar-refractivity contribution in [2.75, 3.05) is 18.7 Å². The molecule has 2 aromatic carbocycles. The van der Waals surface area contributed by atoms with Gasteiger partial charge in [0, 0.05) is 22.5 Å². The third kappa shape index (κ3) is 4.97. The van der Waals surface area contributed by atoms with Gasteiger partial charge in [0.2, 0.25) is 15.8 Å². The Kier molecular flexibility index (Phi) is 5.78. The average Bonchev–Trinajstić information content (AvgIpc) is 3.13. The number of aryl methyl sites for hydroxylation is 1. The minimum atomic E-state index is -3.72. The summed E-state index contributed by atoms with van der Waals surface area (Å²) >= 11 is 0. The fourth-order valence-electron chi connectivity index (χ4n) is 2.56. The Morgan fingerprint density at radius 2 is 1.73 bits per heavy atom. The number of esters is 1. The van der Waals surface area contributed by atoms with Crippen LogP contribution in [0, 0.1) is 0 Å². The zero-order chi connectivity index (χ0) is 21.9. The van der Waals surface area contributed by atoms with E-state index >= 15 is 0 Å². The molecule has 11 nitrogen and oxygen atoms in total. The van der Waals surface area contributed by atoms with Crippen LogP contribution >= 0.6 is 0 Å². The molecule has 156 valence electrons. The molecule has 3 aromatic rings. The molecule has 0 saturated carbocycles. The van der Waals surface area contributed by atoms with Gasteiger partial charge in [-0.1, -0.05) is 0 Å². The van der Waals surface area contributed by atoms with Gasteiger partial charge in [-0.3, -0.25) is 4.79 Å². The Hall–Kier alpha value is -3.80. The number of carbonyl (C=O) groups is 2. The van der Waals surface area contributed by atoms with Crippen molar-refractivity contribution in [1.29, 1.82) is 0 Å². The highest BCUT2D eigenvalue weighted by Gasteiger charge is 2.17. The van der Waals surface area contributed by atoms with Gasteiger partial charge in [-0.15, -0.1) is 10.2 Å². The molecule has 0 spiro atoms. The molecule has 2 N–H and O–H groups in total. The second-order valence-corrected chi connectivity index (χ2v) is 8.01. The van der Waals surface area contributed by atoms with Crippen molar-refractivity contribution in [2.24, 2.45) is 7.05 Å². The summed E-state index contributed by atoms with van der Waals surface area (Å²) in [6, 6.07) is 11.1. The third-order valence-corrected chi connectivity index (χ3v) is 4.45. The normalized spacial score (nSPS) is 11.0. The summed E-state index contributed by atoms with van der Waals surface area (Å²) in [7, 11) is -0.823. The molecule has 0 aliphatic rings. The molecule has 1 aromatic heterocycles. The number of nitrogens with one attached hydrogen (secondary N) is 2. The number of hydrogen-bond acceptors (Lipinski definition) is 9. The summed E-state index contributed by atoms with van der Waals surface area (Å²) in [5, 5.41) is 15.1. The van der Waals surface area contributed by atoms with Crippen molar-refractivity contribution in [3.05, 3.63) is 53.6 Å². The maximum absolute atomic E-state index is 12.2. The highest BCUT2D eigenvalue weighted by Crippen LogP contribution is 2.29. The summed E-state index contributed by atoms with van der Waals surface area (Å²) < 4.78 is 29.3. The number of methoxy groups -OCH3 is 1. The van der Waals surface area contributed by atoms with Crippen LogP contribution in [0.3, 0.4) is 0 Å². The van der Waals surface area contributed by atoms with E-state index < -0.39 is 21.9 Å². The van der Waals surface area contributed by atoms with Crippen LogP contribution in [0.2, 0.25) is 0 Å². The molecule has 1 heterocycles.